The summed E-state index contributed by atoms with van der Waals surface area (Å²) in [6, 6.07) is 4.78. The number of rotatable bonds is 8. The molecule has 0 fully saturated rings. The smallest absolute Gasteiger partial charge is 0.270 e. The van der Waals surface area contributed by atoms with E-state index in [0.717, 1.165) is 12.0 Å². The zero-order chi connectivity index (χ0) is 16.4. The van der Waals surface area contributed by atoms with Crippen LogP contribution in [0.3, 0.4) is 0 Å². The highest BCUT2D eigenvalue weighted by Crippen LogP contribution is 2.01. The Balaban J connectivity index is 2.74. The molecule has 0 saturated carbocycles. The predicted molar refractivity (Wildman–Crippen MR) is 87.7 cm³/mol. The van der Waals surface area contributed by atoms with Crippen molar-refractivity contribution >= 4 is 11.8 Å². The monoisotopic (exact) mass is 299 g/mol. The maximum absolute atomic E-state index is 12.1. The molecule has 0 aliphatic rings. The molecule has 0 aliphatic carbocycles. The van der Waals surface area contributed by atoms with Crippen molar-refractivity contribution in [2.45, 2.75) is 13.3 Å². The fraction of sp³-hybridized carbons (Fsp3) is 0.235. The Kier molecular flexibility index (Phi) is 7.33. The number of hydrogen-bond acceptors (Lipinski definition) is 3. The Morgan fingerprint density at radius 2 is 1.82 bits per heavy atom. The summed E-state index contributed by atoms with van der Waals surface area (Å²) in [6.45, 7) is 10.1. The largest absolute Gasteiger partial charge is 0.351 e. The molecule has 22 heavy (non-hydrogen) atoms. The van der Waals surface area contributed by atoms with Crippen molar-refractivity contribution in [1.82, 2.24) is 15.6 Å². The van der Waals surface area contributed by atoms with Gasteiger partial charge in [0.1, 0.15) is 11.4 Å². The van der Waals surface area contributed by atoms with Gasteiger partial charge in [0.25, 0.3) is 11.8 Å². The molecule has 5 nitrogen and oxygen atoms in total. The molecule has 1 heterocycles. The van der Waals surface area contributed by atoms with Crippen LogP contribution >= 0.6 is 0 Å². The summed E-state index contributed by atoms with van der Waals surface area (Å²) >= 11 is 0. The quantitative estimate of drug-likeness (QED) is 0.723. The Morgan fingerprint density at radius 1 is 1.18 bits per heavy atom. The van der Waals surface area contributed by atoms with E-state index in [1.165, 1.54) is 0 Å². The van der Waals surface area contributed by atoms with Crippen LogP contribution in [-0.4, -0.2) is 29.9 Å². The Bertz CT molecular complexity index is 591. The molecule has 0 saturated heterocycles. The number of nitrogens with one attached hydrogen (secondary N) is 2. The van der Waals surface area contributed by atoms with Crippen LogP contribution < -0.4 is 10.6 Å². The average Bonchev–Trinajstić information content (AvgIpc) is 2.56. The van der Waals surface area contributed by atoms with E-state index in [1.54, 1.807) is 36.4 Å². The molecule has 0 aromatic carbocycles. The lowest BCUT2D eigenvalue weighted by molar-refractivity contribution is 0.0946. The van der Waals surface area contributed by atoms with Crippen molar-refractivity contribution in [1.29, 1.82) is 0 Å². The van der Waals surface area contributed by atoms with Gasteiger partial charge in [0.05, 0.1) is 0 Å². The van der Waals surface area contributed by atoms with Crippen LogP contribution in [0.4, 0.5) is 0 Å². The number of hydrogen-bond donors (Lipinski definition) is 2. The van der Waals surface area contributed by atoms with Crippen LogP contribution in [-0.2, 0) is 0 Å². The molecule has 5 heteroatoms. The molecule has 0 unspecified atom stereocenters. The van der Waals surface area contributed by atoms with Gasteiger partial charge < -0.3 is 10.6 Å². The average molecular weight is 299 g/mol. The Labute approximate surface area is 130 Å². The minimum atomic E-state index is -0.345. The maximum Gasteiger partial charge on any atom is 0.270 e. The fourth-order valence-electron chi connectivity index (χ4n) is 1.64. The molecule has 0 bridgehead atoms. The standard InChI is InChI=1S/C17H21N3O2/c1-4-8-13(6-3)12-19-17(22)15-10-7-9-14(20-15)16(21)18-11-5-2/h4,6-10H,1,3,5,11-12H2,2H3,(H,18,21)(H,19,22)/b13-8+. The lowest BCUT2D eigenvalue weighted by Crippen LogP contribution is -2.28. The number of nitrogens with zero attached hydrogens (tertiary/aromatic N) is 1. The maximum atomic E-state index is 12.1. The number of carbonyl (C=O) groups is 2. The van der Waals surface area contributed by atoms with Gasteiger partial charge in [-0.1, -0.05) is 44.4 Å². The molecule has 0 radical (unpaired) electrons. The zero-order valence-corrected chi connectivity index (χ0v) is 12.8. The van der Waals surface area contributed by atoms with Crippen molar-refractivity contribution in [2.75, 3.05) is 13.1 Å². The van der Waals surface area contributed by atoms with Gasteiger partial charge >= 0.3 is 0 Å². The predicted octanol–water partition coefficient (Wildman–Crippen LogP) is 2.25. The summed E-state index contributed by atoms with van der Waals surface area (Å²) in [5, 5.41) is 5.45. The number of carbonyl (C=O) groups excluding carboxylic acids is 2. The summed E-state index contributed by atoms with van der Waals surface area (Å²) in [6.07, 6.45) is 5.87. The van der Waals surface area contributed by atoms with E-state index >= 15 is 0 Å². The van der Waals surface area contributed by atoms with Gasteiger partial charge in [0.15, 0.2) is 0 Å². The van der Waals surface area contributed by atoms with Crippen molar-refractivity contribution in [2.24, 2.45) is 0 Å². The second kappa shape index (κ2) is 9.28. The topological polar surface area (TPSA) is 71.1 Å². The number of allylic oxidation sites excluding steroid dienone is 2. The molecular weight excluding hydrogens is 278 g/mol. The summed E-state index contributed by atoms with van der Waals surface area (Å²) in [4.78, 5) is 28.0. The summed E-state index contributed by atoms with van der Waals surface area (Å²) in [5.74, 6) is -0.628. The minimum Gasteiger partial charge on any atom is -0.351 e. The summed E-state index contributed by atoms with van der Waals surface area (Å²) in [7, 11) is 0. The van der Waals surface area contributed by atoms with E-state index in [4.69, 9.17) is 0 Å². The summed E-state index contributed by atoms with van der Waals surface area (Å²) in [5.41, 5.74) is 1.26. The van der Waals surface area contributed by atoms with E-state index in [9.17, 15) is 9.59 Å². The zero-order valence-electron chi connectivity index (χ0n) is 12.8. The van der Waals surface area contributed by atoms with Crippen LogP contribution in [0, 0.1) is 0 Å². The highest BCUT2D eigenvalue weighted by atomic mass is 16.2. The Hall–Kier alpha value is -2.69. The van der Waals surface area contributed by atoms with Gasteiger partial charge in [0.2, 0.25) is 0 Å². The van der Waals surface area contributed by atoms with E-state index in [-0.39, 0.29) is 23.2 Å². The Morgan fingerprint density at radius 3 is 2.36 bits per heavy atom. The van der Waals surface area contributed by atoms with Crippen molar-refractivity contribution < 1.29 is 9.59 Å². The molecule has 1 aromatic heterocycles. The van der Waals surface area contributed by atoms with Crippen LogP contribution in [0.1, 0.15) is 34.3 Å². The molecule has 1 rings (SSSR count). The highest BCUT2D eigenvalue weighted by molar-refractivity contribution is 5.96. The van der Waals surface area contributed by atoms with Gasteiger partial charge in [-0.25, -0.2) is 4.98 Å². The third kappa shape index (κ3) is 5.36. The first kappa shape index (κ1) is 17.4. The molecule has 116 valence electrons. The van der Waals surface area contributed by atoms with E-state index in [2.05, 4.69) is 28.8 Å². The van der Waals surface area contributed by atoms with Gasteiger partial charge in [0, 0.05) is 13.1 Å². The van der Waals surface area contributed by atoms with Gasteiger partial charge in [-0.2, -0.15) is 0 Å². The molecule has 2 amide bonds. The van der Waals surface area contributed by atoms with Crippen molar-refractivity contribution in [3.63, 3.8) is 0 Å². The van der Waals surface area contributed by atoms with Crippen molar-refractivity contribution in [3.05, 3.63) is 66.5 Å². The molecule has 0 atom stereocenters. The molecule has 2 N–H and O–H groups in total. The van der Waals surface area contributed by atoms with E-state index in [1.807, 2.05) is 6.92 Å². The molecular formula is C17H21N3O2. The first-order valence-electron chi connectivity index (χ1n) is 7.09. The number of aromatic nitrogens is 1. The molecule has 1 aromatic rings. The van der Waals surface area contributed by atoms with Crippen LogP contribution in [0.5, 0.6) is 0 Å². The minimum absolute atomic E-state index is 0.200. The van der Waals surface area contributed by atoms with E-state index < -0.39 is 0 Å². The highest BCUT2D eigenvalue weighted by Gasteiger charge is 2.11. The first-order valence-corrected chi connectivity index (χ1v) is 7.09. The fourth-order valence-corrected chi connectivity index (χ4v) is 1.64. The van der Waals surface area contributed by atoms with Crippen LogP contribution in [0.25, 0.3) is 0 Å². The van der Waals surface area contributed by atoms with Crippen LogP contribution in [0.15, 0.2) is 55.2 Å². The molecule has 0 spiro atoms. The van der Waals surface area contributed by atoms with Crippen LogP contribution in [0.2, 0.25) is 0 Å². The first-order chi connectivity index (χ1) is 10.6. The third-order valence-corrected chi connectivity index (χ3v) is 2.80. The molecule has 0 aliphatic heterocycles. The second-order valence-corrected chi connectivity index (χ2v) is 4.53. The normalized spacial score (nSPS) is 10.7. The van der Waals surface area contributed by atoms with Gasteiger partial charge in [-0.3, -0.25) is 9.59 Å². The number of pyridine rings is 1. The van der Waals surface area contributed by atoms with E-state index in [0.29, 0.717) is 13.1 Å². The third-order valence-electron chi connectivity index (χ3n) is 2.80. The lowest BCUT2D eigenvalue weighted by Gasteiger charge is -2.07. The SMILES string of the molecule is C=C/C=C(\C=C)CNC(=O)c1cccc(C(=O)NCCC)n1. The lowest BCUT2D eigenvalue weighted by atomic mass is 10.2. The van der Waals surface area contributed by atoms with Gasteiger partial charge in [-0.15, -0.1) is 0 Å². The van der Waals surface area contributed by atoms with Gasteiger partial charge in [-0.05, 0) is 24.1 Å². The second-order valence-electron chi connectivity index (χ2n) is 4.53. The van der Waals surface area contributed by atoms with Crippen molar-refractivity contribution in [3.8, 4) is 0 Å². The number of amides is 2. The summed E-state index contributed by atoms with van der Waals surface area (Å²) < 4.78 is 0.